The van der Waals surface area contributed by atoms with E-state index in [0.717, 1.165) is 26.1 Å². The Hall–Kier alpha value is -1.88. The first-order valence-electron chi connectivity index (χ1n) is 6.73. The first-order valence-corrected chi connectivity index (χ1v) is 7.11. The van der Waals surface area contributed by atoms with Crippen LogP contribution in [0.3, 0.4) is 0 Å². The summed E-state index contributed by atoms with van der Waals surface area (Å²) in [4.78, 5) is 14.9. The van der Waals surface area contributed by atoms with E-state index in [1.54, 1.807) is 0 Å². The highest BCUT2D eigenvalue weighted by molar-refractivity contribution is 6.28. The average molecular weight is 290 g/mol. The molecule has 5 nitrogen and oxygen atoms in total. The van der Waals surface area contributed by atoms with Gasteiger partial charge in [0, 0.05) is 19.6 Å². The van der Waals surface area contributed by atoms with Crippen molar-refractivity contribution in [3.05, 3.63) is 40.7 Å². The maximum atomic E-state index is 5.98. The van der Waals surface area contributed by atoms with E-state index in [2.05, 4.69) is 49.4 Å². The van der Waals surface area contributed by atoms with Crippen LogP contribution in [-0.4, -0.2) is 28.0 Å². The summed E-state index contributed by atoms with van der Waals surface area (Å²) >= 11 is 5.98. The zero-order chi connectivity index (χ0) is 13.9. The Bertz CT molecular complexity index is 616. The molecule has 1 aromatic carbocycles. The van der Waals surface area contributed by atoms with Gasteiger partial charge in [0.05, 0.1) is 0 Å². The van der Waals surface area contributed by atoms with Crippen LogP contribution < -0.4 is 10.2 Å². The zero-order valence-electron chi connectivity index (χ0n) is 11.3. The lowest BCUT2D eigenvalue weighted by Crippen LogP contribution is -2.32. The summed E-state index contributed by atoms with van der Waals surface area (Å²) in [6, 6.07) is 8.47. The smallest absolute Gasteiger partial charge is 0.231 e. The Balaban J connectivity index is 1.87. The van der Waals surface area contributed by atoms with Gasteiger partial charge in [-0.1, -0.05) is 24.3 Å². The molecule has 0 radical (unpaired) electrons. The number of benzene rings is 1. The lowest BCUT2D eigenvalue weighted by Gasteiger charge is -2.28. The summed E-state index contributed by atoms with van der Waals surface area (Å²) in [5.41, 5.74) is 2.72. The number of rotatable bonds is 3. The predicted molar refractivity (Wildman–Crippen MR) is 80.2 cm³/mol. The normalized spacial score (nSPS) is 14.0. The van der Waals surface area contributed by atoms with Gasteiger partial charge in [0.1, 0.15) is 0 Å². The second kappa shape index (κ2) is 5.63. The van der Waals surface area contributed by atoms with E-state index in [1.165, 1.54) is 11.1 Å². The van der Waals surface area contributed by atoms with Gasteiger partial charge in [-0.05, 0) is 36.1 Å². The molecule has 0 saturated heterocycles. The van der Waals surface area contributed by atoms with Gasteiger partial charge in [-0.25, -0.2) is 0 Å². The molecule has 0 saturated carbocycles. The van der Waals surface area contributed by atoms with Crippen LogP contribution in [0.15, 0.2) is 24.3 Å². The van der Waals surface area contributed by atoms with Gasteiger partial charge in [-0.2, -0.15) is 15.0 Å². The molecular weight excluding hydrogens is 274 g/mol. The third-order valence-electron chi connectivity index (χ3n) is 3.34. The Morgan fingerprint density at radius 1 is 1.20 bits per heavy atom. The lowest BCUT2D eigenvalue weighted by molar-refractivity contribution is 0.704. The van der Waals surface area contributed by atoms with Crippen molar-refractivity contribution in [1.82, 2.24) is 15.0 Å². The Morgan fingerprint density at radius 2 is 2.00 bits per heavy atom. The molecule has 20 heavy (non-hydrogen) atoms. The molecule has 2 aromatic rings. The Morgan fingerprint density at radius 3 is 2.80 bits per heavy atom. The van der Waals surface area contributed by atoms with E-state index in [1.807, 2.05) is 6.92 Å². The predicted octanol–water partition coefficient (Wildman–Crippen LogP) is 2.52. The second-order valence-electron chi connectivity index (χ2n) is 4.70. The fourth-order valence-electron chi connectivity index (χ4n) is 2.38. The fraction of sp³-hybridized carbons (Fsp3) is 0.357. The topological polar surface area (TPSA) is 53.9 Å². The van der Waals surface area contributed by atoms with Gasteiger partial charge in [0.25, 0.3) is 0 Å². The molecule has 1 aliphatic heterocycles. The number of nitrogens with zero attached hydrogens (tertiary/aromatic N) is 4. The molecule has 1 aliphatic rings. The minimum Gasteiger partial charge on any atom is -0.354 e. The first kappa shape index (κ1) is 13.1. The van der Waals surface area contributed by atoms with Gasteiger partial charge in [-0.3, -0.25) is 0 Å². The molecule has 0 bridgehead atoms. The molecule has 0 amide bonds. The van der Waals surface area contributed by atoms with Crippen molar-refractivity contribution in [2.24, 2.45) is 0 Å². The summed E-state index contributed by atoms with van der Waals surface area (Å²) in [6.07, 6.45) is 0.996. The van der Waals surface area contributed by atoms with Crippen molar-refractivity contribution in [2.75, 3.05) is 23.3 Å². The van der Waals surface area contributed by atoms with Gasteiger partial charge in [0.15, 0.2) is 0 Å². The number of hydrogen-bond acceptors (Lipinski definition) is 5. The quantitative estimate of drug-likeness (QED) is 0.941. The number of nitrogens with one attached hydrogen (secondary N) is 1. The molecule has 2 heterocycles. The van der Waals surface area contributed by atoms with Crippen LogP contribution >= 0.6 is 11.6 Å². The monoisotopic (exact) mass is 289 g/mol. The van der Waals surface area contributed by atoms with Crippen molar-refractivity contribution in [3.8, 4) is 0 Å². The third kappa shape index (κ3) is 2.67. The van der Waals surface area contributed by atoms with Crippen molar-refractivity contribution in [2.45, 2.75) is 19.9 Å². The van der Waals surface area contributed by atoms with Crippen LogP contribution in [0, 0.1) is 0 Å². The largest absolute Gasteiger partial charge is 0.354 e. The molecule has 0 fully saturated rings. The van der Waals surface area contributed by atoms with Crippen LogP contribution in [0.4, 0.5) is 11.9 Å². The minimum absolute atomic E-state index is 0.227. The second-order valence-corrected chi connectivity index (χ2v) is 5.04. The molecule has 0 aliphatic carbocycles. The van der Waals surface area contributed by atoms with Crippen LogP contribution in [0.2, 0.25) is 5.28 Å². The van der Waals surface area contributed by atoms with Crippen molar-refractivity contribution in [3.63, 3.8) is 0 Å². The van der Waals surface area contributed by atoms with Gasteiger partial charge in [-0.15, -0.1) is 0 Å². The standard InChI is InChI=1S/C14H16ClN5/c1-2-16-13-17-12(15)18-14(19-13)20-8-7-10-5-3-4-6-11(10)9-20/h3-6H,2,7-9H2,1H3,(H,16,17,18,19). The number of aromatic nitrogens is 3. The summed E-state index contributed by atoms with van der Waals surface area (Å²) in [5, 5.41) is 3.30. The Labute approximate surface area is 123 Å². The highest BCUT2D eigenvalue weighted by Crippen LogP contribution is 2.23. The molecule has 0 atom stereocenters. The molecule has 1 aromatic heterocycles. The molecule has 6 heteroatoms. The van der Waals surface area contributed by atoms with E-state index in [9.17, 15) is 0 Å². The molecular formula is C14H16ClN5. The fourth-order valence-corrected chi connectivity index (χ4v) is 2.54. The van der Waals surface area contributed by atoms with Gasteiger partial charge in [0.2, 0.25) is 17.2 Å². The summed E-state index contributed by atoms with van der Waals surface area (Å²) in [5.74, 6) is 1.16. The average Bonchev–Trinajstić information content (AvgIpc) is 2.46. The van der Waals surface area contributed by atoms with Crippen molar-refractivity contribution >= 4 is 23.5 Å². The number of fused-ring (bicyclic) bond motifs is 1. The molecule has 3 rings (SSSR count). The zero-order valence-corrected chi connectivity index (χ0v) is 12.1. The maximum absolute atomic E-state index is 5.98. The van der Waals surface area contributed by atoms with Gasteiger partial charge < -0.3 is 10.2 Å². The lowest BCUT2D eigenvalue weighted by atomic mass is 10.0. The molecule has 104 valence electrons. The first-order chi connectivity index (χ1) is 9.76. The number of hydrogen-bond donors (Lipinski definition) is 1. The SMILES string of the molecule is CCNc1nc(Cl)nc(N2CCc3ccccc3C2)n1. The summed E-state index contributed by atoms with van der Waals surface area (Å²) < 4.78 is 0. The maximum Gasteiger partial charge on any atom is 0.231 e. The van der Waals surface area contributed by atoms with E-state index < -0.39 is 0 Å². The van der Waals surface area contributed by atoms with Crippen LogP contribution in [0.1, 0.15) is 18.1 Å². The summed E-state index contributed by atoms with van der Waals surface area (Å²) in [7, 11) is 0. The minimum atomic E-state index is 0.227. The molecule has 1 N–H and O–H groups in total. The number of anilines is 2. The van der Waals surface area contributed by atoms with E-state index in [0.29, 0.717) is 11.9 Å². The van der Waals surface area contributed by atoms with Crippen LogP contribution in [-0.2, 0) is 13.0 Å². The highest BCUT2D eigenvalue weighted by Gasteiger charge is 2.19. The van der Waals surface area contributed by atoms with Crippen molar-refractivity contribution in [1.29, 1.82) is 0 Å². The van der Waals surface area contributed by atoms with E-state index >= 15 is 0 Å². The Kier molecular flexibility index (Phi) is 3.69. The molecule has 0 spiro atoms. The van der Waals surface area contributed by atoms with Crippen molar-refractivity contribution < 1.29 is 0 Å². The summed E-state index contributed by atoms with van der Waals surface area (Å²) in [6.45, 7) is 4.45. The molecule has 0 unspecified atom stereocenters. The van der Waals surface area contributed by atoms with E-state index in [4.69, 9.17) is 11.6 Å². The number of halogens is 1. The highest BCUT2D eigenvalue weighted by atomic mass is 35.5. The van der Waals surface area contributed by atoms with Gasteiger partial charge >= 0.3 is 0 Å². The van der Waals surface area contributed by atoms with Crippen LogP contribution in [0.5, 0.6) is 0 Å². The van der Waals surface area contributed by atoms with Crippen LogP contribution in [0.25, 0.3) is 0 Å². The van der Waals surface area contributed by atoms with E-state index in [-0.39, 0.29) is 5.28 Å². The third-order valence-corrected chi connectivity index (χ3v) is 3.51.